The fourth-order valence-electron chi connectivity index (χ4n) is 6.91. The Morgan fingerprint density at radius 2 is 0.786 bits per heavy atom. The van der Waals surface area contributed by atoms with E-state index in [-0.39, 0.29) is 0 Å². The Hall–Kier alpha value is -5.20. The van der Waals surface area contributed by atoms with Crippen LogP contribution in [0.4, 0.5) is 0 Å². The second kappa shape index (κ2) is 9.72. The van der Waals surface area contributed by atoms with Gasteiger partial charge in [-0.3, -0.25) is 0 Å². The average Bonchev–Trinajstić information content (AvgIpc) is 3.04. The van der Waals surface area contributed by atoms with Gasteiger partial charge in [-0.15, -0.1) is 0 Å². The highest BCUT2D eigenvalue weighted by Gasteiger charge is 2.19. The van der Waals surface area contributed by atoms with Crippen molar-refractivity contribution in [2.75, 3.05) is 0 Å². The van der Waals surface area contributed by atoms with Gasteiger partial charge in [0.15, 0.2) is 0 Å². The maximum atomic E-state index is 2.41. The molecule has 0 saturated carbocycles. The lowest BCUT2D eigenvalue weighted by atomic mass is 9.83. The molecule has 0 aromatic heterocycles. The molecule has 0 heterocycles. The predicted octanol–water partition coefficient (Wildman–Crippen LogP) is 11.9. The SMILES string of the molecule is Cc1cc(-c2c3ccccc3c(-c3cccc4ccccc34)c3ccccc23)c(C)cc1-c1ccc2ccccc2c1. The van der Waals surface area contributed by atoms with Crippen molar-refractivity contribution < 1.29 is 0 Å². The zero-order valence-electron chi connectivity index (χ0n) is 23.9. The number of hydrogen-bond donors (Lipinski definition) is 0. The highest BCUT2D eigenvalue weighted by atomic mass is 14.2. The van der Waals surface area contributed by atoms with Crippen LogP contribution in [0.5, 0.6) is 0 Å². The second-order valence-corrected chi connectivity index (χ2v) is 11.4. The van der Waals surface area contributed by atoms with Crippen molar-refractivity contribution in [1.29, 1.82) is 0 Å². The second-order valence-electron chi connectivity index (χ2n) is 11.4. The lowest BCUT2D eigenvalue weighted by Crippen LogP contribution is -1.95. The Morgan fingerprint density at radius 1 is 0.310 bits per heavy atom. The summed E-state index contributed by atoms with van der Waals surface area (Å²) in [6.07, 6.45) is 0. The first-order valence-electron chi connectivity index (χ1n) is 14.7. The van der Waals surface area contributed by atoms with E-state index < -0.39 is 0 Å². The van der Waals surface area contributed by atoms with E-state index >= 15 is 0 Å². The minimum atomic E-state index is 1.27. The van der Waals surface area contributed by atoms with Gasteiger partial charge in [0, 0.05) is 0 Å². The van der Waals surface area contributed by atoms with Gasteiger partial charge in [-0.05, 0) is 108 Å². The van der Waals surface area contributed by atoms with Crippen LogP contribution in [-0.2, 0) is 0 Å². The smallest absolute Gasteiger partial charge is 0.00201 e. The van der Waals surface area contributed by atoms with E-state index in [0.29, 0.717) is 0 Å². The molecule has 0 heteroatoms. The van der Waals surface area contributed by atoms with Crippen LogP contribution in [0.2, 0.25) is 0 Å². The van der Waals surface area contributed by atoms with Gasteiger partial charge in [0.05, 0.1) is 0 Å². The van der Waals surface area contributed by atoms with Crippen LogP contribution >= 0.6 is 0 Å². The minimum Gasteiger partial charge on any atom is -0.0616 e. The first-order chi connectivity index (χ1) is 20.7. The molecule has 42 heavy (non-hydrogen) atoms. The van der Waals surface area contributed by atoms with Crippen LogP contribution in [0.25, 0.3) is 76.5 Å². The summed E-state index contributed by atoms with van der Waals surface area (Å²) in [5, 5.41) is 10.3. The molecule has 0 unspecified atom stereocenters. The van der Waals surface area contributed by atoms with Crippen molar-refractivity contribution in [3.05, 3.63) is 157 Å². The number of aryl methyl sites for hydroxylation is 2. The zero-order chi connectivity index (χ0) is 28.2. The van der Waals surface area contributed by atoms with Gasteiger partial charge in [0.2, 0.25) is 0 Å². The number of hydrogen-bond acceptors (Lipinski definition) is 0. The van der Waals surface area contributed by atoms with Crippen molar-refractivity contribution in [3.8, 4) is 33.4 Å². The molecule has 0 aliphatic rings. The average molecular weight is 535 g/mol. The van der Waals surface area contributed by atoms with Crippen LogP contribution in [0.1, 0.15) is 11.1 Å². The Kier molecular flexibility index (Phi) is 5.69. The summed E-state index contributed by atoms with van der Waals surface area (Å²) < 4.78 is 0. The molecule has 0 aliphatic heterocycles. The lowest BCUT2D eigenvalue weighted by molar-refractivity contribution is 1.40. The minimum absolute atomic E-state index is 1.27. The molecule has 0 saturated heterocycles. The van der Waals surface area contributed by atoms with E-state index in [1.807, 2.05) is 0 Å². The van der Waals surface area contributed by atoms with Gasteiger partial charge in [-0.2, -0.15) is 0 Å². The topological polar surface area (TPSA) is 0 Å². The Bertz CT molecular complexity index is 2260. The van der Waals surface area contributed by atoms with Crippen LogP contribution in [-0.4, -0.2) is 0 Å². The Balaban J connectivity index is 1.41. The maximum absolute atomic E-state index is 2.41. The quantitative estimate of drug-likeness (QED) is 0.198. The van der Waals surface area contributed by atoms with Crippen LogP contribution in [0.15, 0.2) is 146 Å². The molecule has 0 spiro atoms. The van der Waals surface area contributed by atoms with E-state index in [9.17, 15) is 0 Å². The summed E-state index contributed by atoms with van der Waals surface area (Å²) >= 11 is 0. The Morgan fingerprint density at radius 3 is 1.45 bits per heavy atom. The molecule has 0 nitrogen and oxygen atoms in total. The van der Waals surface area contributed by atoms with Gasteiger partial charge in [-0.25, -0.2) is 0 Å². The van der Waals surface area contributed by atoms with Gasteiger partial charge >= 0.3 is 0 Å². The number of fused-ring (bicyclic) bond motifs is 4. The molecule has 0 N–H and O–H groups in total. The van der Waals surface area contributed by atoms with E-state index in [1.165, 1.54) is 87.6 Å². The number of rotatable bonds is 3. The zero-order valence-corrected chi connectivity index (χ0v) is 23.9. The molecule has 0 bridgehead atoms. The molecular formula is C42H30. The summed E-state index contributed by atoms with van der Waals surface area (Å²) in [5.74, 6) is 0. The Labute approximate surface area is 246 Å². The fourth-order valence-corrected chi connectivity index (χ4v) is 6.91. The van der Waals surface area contributed by atoms with Crippen LogP contribution in [0, 0.1) is 13.8 Å². The monoisotopic (exact) mass is 534 g/mol. The molecule has 198 valence electrons. The van der Waals surface area contributed by atoms with E-state index in [4.69, 9.17) is 0 Å². The highest BCUT2D eigenvalue weighted by molar-refractivity contribution is 6.23. The normalized spacial score (nSPS) is 11.6. The molecule has 0 fully saturated rings. The summed E-state index contributed by atoms with van der Waals surface area (Å²) in [6.45, 7) is 4.52. The lowest BCUT2D eigenvalue weighted by Gasteiger charge is -2.21. The van der Waals surface area contributed by atoms with Crippen molar-refractivity contribution in [2.24, 2.45) is 0 Å². The summed E-state index contributed by atoms with van der Waals surface area (Å²) in [4.78, 5) is 0. The fraction of sp³-hybridized carbons (Fsp3) is 0.0476. The van der Waals surface area contributed by atoms with Crippen LogP contribution < -0.4 is 0 Å². The summed E-state index contributed by atoms with van der Waals surface area (Å²) in [6, 6.07) is 53.5. The third-order valence-electron chi connectivity index (χ3n) is 8.89. The molecule has 0 aliphatic carbocycles. The molecule has 0 atom stereocenters. The highest BCUT2D eigenvalue weighted by Crippen LogP contribution is 2.46. The van der Waals surface area contributed by atoms with Gasteiger partial charge in [0.25, 0.3) is 0 Å². The van der Waals surface area contributed by atoms with Gasteiger partial charge in [-0.1, -0.05) is 140 Å². The van der Waals surface area contributed by atoms with Gasteiger partial charge < -0.3 is 0 Å². The third kappa shape index (κ3) is 3.84. The van der Waals surface area contributed by atoms with E-state index in [2.05, 4.69) is 159 Å². The molecule has 8 aromatic carbocycles. The number of benzene rings is 8. The molecular weight excluding hydrogens is 504 g/mol. The molecule has 8 aromatic rings. The summed E-state index contributed by atoms with van der Waals surface area (Å²) in [5.41, 5.74) is 10.3. The third-order valence-corrected chi connectivity index (χ3v) is 8.89. The largest absolute Gasteiger partial charge is 0.0616 e. The molecule has 8 rings (SSSR count). The van der Waals surface area contributed by atoms with Crippen molar-refractivity contribution in [1.82, 2.24) is 0 Å². The van der Waals surface area contributed by atoms with E-state index in [0.717, 1.165) is 0 Å². The molecule has 0 amide bonds. The van der Waals surface area contributed by atoms with Crippen molar-refractivity contribution in [3.63, 3.8) is 0 Å². The van der Waals surface area contributed by atoms with E-state index in [1.54, 1.807) is 0 Å². The standard InChI is InChI=1S/C42H30/c1-27-25-40(28(2)24-39(27)32-23-22-29-12-3-4-14-31(29)26-32)42-37-19-9-7-17-35(37)41(36-18-8-10-20-38(36)42)34-21-11-15-30-13-5-6-16-33(30)34/h3-26H,1-2H3. The first kappa shape index (κ1) is 24.6. The van der Waals surface area contributed by atoms with Crippen molar-refractivity contribution >= 4 is 43.1 Å². The molecule has 0 radical (unpaired) electrons. The first-order valence-corrected chi connectivity index (χ1v) is 14.7. The summed E-state index contributed by atoms with van der Waals surface area (Å²) in [7, 11) is 0. The van der Waals surface area contributed by atoms with Crippen molar-refractivity contribution in [2.45, 2.75) is 13.8 Å². The van der Waals surface area contributed by atoms with Crippen LogP contribution in [0.3, 0.4) is 0 Å². The predicted molar refractivity (Wildman–Crippen MR) is 182 cm³/mol. The maximum Gasteiger partial charge on any atom is -0.00201 e. The van der Waals surface area contributed by atoms with Gasteiger partial charge in [0.1, 0.15) is 0 Å².